The summed E-state index contributed by atoms with van der Waals surface area (Å²) >= 11 is 0. The second kappa shape index (κ2) is 5.92. The Morgan fingerprint density at radius 3 is 2.88 bits per heavy atom. The molecule has 0 saturated carbocycles. The molecule has 0 aliphatic rings. The average molecular weight is 226 g/mol. The van der Waals surface area contributed by atoms with Gasteiger partial charge in [-0.3, -0.25) is 14.4 Å². The average Bonchev–Trinajstić information content (AvgIpc) is 2.79. The molecule has 6 heteroatoms. The highest BCUT2D eigenvalue weighted by Gasteiger charge is 2.17. The quantitative estimate of drug-likeness (QED) is 0.715. The van der Waals surface area contributed by atoms with Crippen LogP contribution in [0.25, 0.3) is 0 Å². The summed E-state index contributed by atoms with van der Waals surface area (Å²) in [5, 5.41) is 2.47. The molecule has 2 amide bonds. The molecule has 88 valence electrons. The Hall–Kier alpha value is -1.82. The predicted molar refractivity (Wildman–Crippen MR) is 55.4 cm³/mol. The predicted octanol–water partition coefficient (Wildman–Crippen LogP) is 0.466. The van der Waals surface area contributed by atoms with Crippen LogP contribution >= 0.6 is 0 Å². The van der Waals surface area contributed by atoms with Crippen molar-refractivity contribution in [3.8, 4) is 0 Å². The Morgan fingerprint density at radius 1 is 1.56 bits per heavy atom. The van der Waals surface area contributed by atoms with Crippen LogP contribution in [0.5, 0.6) is 0 Å². The van der Waals surface area contributed by atoms with E-state index in [4.69, 9.17) is 9.25 Å². The van der Waals surface area contributed by atoms with Gasteiger partial charge < -0.3 is 9.73 Å². The van der Waals surface area contributed by atoms with Crippen molar-refractivity contribution in [2.45, 2.75) is 19.9 Å². The number of nitrogens with one attached hydrogen (secondary N) is 2. The van der Waals surface area contributed by atoms with Gasteiger partial charge in [-0.2, -0.15) is 0 Å². The van der Waals surface area contributed by atoms with Crippen molar-refractivity contribution in [1.29, 1.82) is 0 Å². The van der Waals surface area contributed by atoms with Crippen molar-refractivity contribution < 1.29 is 18.8 Å². The second-order valence-electron chi connectivity index (χ2n) is 3.07. The van der Waals surface area contributed by atoms with Crippen LogP contribution in [-0.2, 0) is 9.63 Å². The third kappa shape index (κ3) is 3.39. The number of hydroxylamine groups is 1. The van der Waals surface area contributed by atoms with E-state index in [1.54, 1.807) is 19.9 Å². The van der Waals surface area contributed by atoms with Gasteiger partial charge in [-0.25, -0.2) is 5.48 Å². The number of furan rings is 1. The SMILES string of the molecule is CCONC(=O)C(C)NC(=O)c1ccco1. The highest BCUT2D eigenvalue weighted by atomic mass is 16.6. The molecule has 0 radical (unpaired) electrons. The van der Waals surface area contributed by atoms with E-state index < -0.39 is 17.9 Å². The van der Waals surface area contributed by atoms with E-state index in [0.29, 0.717) is 6.61 Å². The fourth-order valence-corrected chi connectivity index (χ4v) is 0.973. The van der Waals surface area contributed by atoms with Crippen molar-refractivity contribution in [3.63, 3.8) is 0 Å². The summed E-state index contributed by atoms with van der Waals surface area (Å²) in [7, 11) is 0. The van der Waals surface area contributed by atoms with E-state index in [-0.39, 0.29) is 5.76 Å². The van der Waals surface area contributed by atoms with Crippen LogP contribution in [0.4, 0.5) is 0 Å². The van der Waals surface area contributed by atoms with Crippen LogP contribution in [-0.4, -0.2) is 24.5 Å². The van der Waals surface area contributed by atoms with E-state index >= 15 is 0 Å². The molecule has 1 rings (SSSR count). The standard InChI is InChI=1S/C10H14N2O4/c1-3-16-12-9(13)7(2)11-10(14)8-5-4-6-15-8/h4-7H,3H2,1-2H3,(H,11,14)(H,12,13). The molecule has 1 heterocycles. The topological polar surface area (TPSA) is 80.6 Å². The largest absolute Gasteiger partial charge is 0.459 e. The maximum Gasteiger partial charge on any atom is 0.287 e. The van der Waals surface area contributed by atoms with Gasteiger partial charge in [0.15, 0.2) is 5.76 Å². The zero-order valence-electron chi connectivity index (χ0n) is 9.15. The summed E-state index contributed by atoms with van der Waals surface area (Å²) in [6.07, 6.45) is 1.39. The number of rotatable bonds is 5. The molecular formula is C10H14N2O4. The minimum Gasteiger partial charge on any atom is -0.459 e. The van der Waals surface area contributed by atoms with E-state index in [9.17, 15) is 9.59 Å². The van der Waals surface area contributed by atoms with Crippen LogP contribution in [0.2, 0.25) is 0 Å². The van der Waals surface area contributed by atoms with Crippen molar-refractivity contribution in [3.05, 3.63) is 24.2 Å². The van der Waals surface area contributed by atoms with E-state index in [2.05, 4.69) is 10.8 Å². The van der Waals surface area contributed by atoms with Crippen molar-refractivity contribution in [1.82, 2.24) is 10.8 Å². The number of hydrogen-bond donors (Lipinski definition) is 2. The summed E-state index contributed by atoms with van der Waals surface area (Å²) in [6, 6.07) is 2.42. The molecule has 1 atom stereocenters. The van der Waals surface area contributed by atoms with E-state index in [1.807, 2.05) is 0 Å². The maximum absolute atomic E-state index is 11.5. The first-order valence-electron chi connectivity index (χ1n) is 4.91. The lowest BCUT2D eigenvalue weighted by Gasteiger charge is -2.12. The molecule has 1 aromatic heterocycles. The lowest BCUT2D eigenvalue weighted by Crippen LogP contribution is -2.44. The third-order valence-corrected chi connectivity index (χ3v) is 1.80. The van der Waals surface area contributed by atoms with Crippen molar-refractivity contribution >= 4 is 11.8 Å². The fraction of sp³-hybridized carbons (Fsp3) is 0.400. The highest BCUT2D eigenvalue weighted by molar-refractivity contribution is 5.95. The summed E-state index contributed by atoms with van der Waals surface area (Å²) in [4.78, 5) is 27.5. The lowest BCUT2D eigenvalue weighted by molar-refractivity contribution is -0.134. The van der Waals surface area contributed by atoms with Gasteiger partial charge in [-0.1, -0.05) is 0 Å². The molecule has 0 fully saturated rings. The number of carbonyl (C=O) groups excluding carboxylic acids is 2. The molecule has 2 N–H and O–H groups in total. The smallest absolute Gasteiger partial charge is 0.287 e. The number of carbonyl (C=O) groups is 2. The molecule has 0 aliphatic heterocycles. The molecule has 0 spiro atoms. The third-order valence-electron chi connectivity index (χ3n) is 1.80. The lowest BCUT2D eigenvalue weighted by atomic mass is 10.3. The second-order valence-corrected chi connectivity index (χ2v) is 3.07. The maximum atomic E-state index is 11.5. The monoisotopic (exact) mass is 226 g/mol. The van der Waals surface area contributed by atoms with Crippen LogP contribution in [0.3, 0.4) is 0 Å². The number of hydrogen-bond acceptors (Lipinski definition) is 4. The minimum atomic E-state index is -0.691. The number of amides is 2. The first kappa shape index (κ1) is 12.3. The van der Waals surface area contributed by atoms with Gasteiger partial charge in [0.25, 0.3) is 11.8 Å². The Balaban J connectivity index is 2.42. The van der Waals surface area contributed by atoms with Gasteiger partial charge in [-0.15, -0.1) is 0 Å². The van der Waals surface area contributed by atoms with Gasteiger partial charge >= 0.3 is 0 Å². The fourth-order valence-electron chi connectivity index (χ4n) is 0.973. The van der Waals surface area contributed by atoms with Gasteiger partial charge in [0.1, 0.15) is 6.04 Å². The van der Waals surface area contributed by atoms with Crippen LogP contribution in [0, 0.1) is 0 Å². The van der Waals surface area contributed by atoms with E-state index in [0.717, 1.165) is 0 Å². The Labute approximate surface area is 92.9 Å². The Morgan fingerprint density at radius 2 is 2.31 bits per heavy atom. The molecule has 0 saturated heterocycles. The zero-order chi connectivity index (χ0) is 12.0. The molecular weight excluding hydrogens is 212 g/mol. The summed E-state index contributed by atoms with van der Waals surface area (Å²) < 4.78 is 4.88. The Bertz CT molecular complexity index is 348. The van der Waals surface area contributed by atoms with E-state index in [1.165, 1.54) is 12.3 Å². The first-order chi connectivity index (χ1) is 7.65. The molecule has 6 nitrogen and oxygen atoms in total. The van der Waals surface area contributed by atoms with Crippen LogP contribution in [0.15, 0.2) is 22.8 Å². The van der Waals surface area contributed by atoms with Crippen LogP contribution < -0.4 is 10.8 Å². The van der Waals surface area contributed by atoms with Gasteiger partial charge in [0.2, 0.25) is 0 Å². The summed E-state index contributed by atoms with van der Waals surface area (Å²) in [5.74, 6) is -0.693. The van der Waals surface area contributed by atoms with Gasteiger partial charge in [0, 0.05) is 0 Å². The molecule has 1 aromatic rings. The Kier molecular flexibility index (Phi) is 4.53. The molecule has 0 aliphatic carbocycles. The van der Waals surface area contributed by atoms with Crippen molar-refractivity contribution in [2.24, 2.45) is 0 Å². The molecule has 1 unspecified atom stereocenters. The summed E-state index contributed by atoms with van der Waals surface area (Å²) in [5.41, 5.74) is 2.20. The molecule has 0 aromatic carbocycles. The van der Waals surface area contributed by atoms with Crippen LogP contribution in [0.1, 0.15) is 24.4 Å². The summed E-state index contributed by atoms with van der Waals surface area (Å²) in [6.45, 7) is 3.66. The first-order valence-corrected chi connectivity index (χ1v) is 4.91. The molecule has 0 bridgehead atoms. The highest BCUT2D eigenvalue weighted by Crippen LogP contribution is 1.99. The minimum absolute atomic E-state index is 0.163. The normalized spacial score (nSPS) is 11.9. The zero-order valence-corrected chi connectivity index (χ0v) is 9.15. The molecule has 16 heavy (non-hydrogen) atoms. The van der Waals surface area contributed by atoms with Gasteiger partial charge in [-0.05, 0) is 26.0 Å². The van der Waals surface area contributed by atoms with Gasteiger partial charge in [0.05, 0.1) is 12.9 Å². The van der Waals surface area contributed by atoms with Crippen molar-refractivity contribution in [2.75, 3.05) is 6.61 Å².